The SMILES string of the molecule is CSC1CCCC(Nc2ccc(C)c(N)c2)C1. The van der Waals surface area contributed by atoms with Crippen LogP contribution in [0.1, 0.15) is 31.2 Å². The summed E-state index contributed by atoms with van der Waals surface area (Å²) in [5, 5.41) is 4.44. The highest BCUT2D eigenvalue weighted by Crippen LogP contribution is 2.29. The van der Waals surface area contributed by atoms with Gasteiger partial charge in [0.1, 0.15) is 0 Å². The molecule has 1 aromatic carbocycles. The number of nitrogens with two attached hydrogens (primary N) is 1. The van der Waals surface area contributed by atoms with E-state index in [9.17, 15) is 0 Å². The van der Waals surface area contributed by atoms with Crippen molar-refractivity contribution in [2.75, 3.05) is 17.3 Å². The third-order valence-corrected chi connectivity index (χ3v) is 4.70. The quantitative estimate of drug-likeness (QED) is 0.804. The van der Waals surface area contributed by atoms with Crippen LogP contribution in [0.5, 0.6) is 0 Å². The molecule has 2 nitrogen and oxygen atoms in total. The Morgan fingerprint density at radius 1 is 1.35 bits per heavy atom. The number of hydrogen-bond acceptors (Lipinski definition) is 3. The van der Waals surface area contributed by atoms with E-state index in [0.717, 1.165) is 16.5 Å². The van der Waals surface area contributed by atoms with Crippen LogP contribution in [-0.2, 0) is 0 Å². The first-order valence-electron chi connectivity index (χ1n) is 6.34. The molecule has 1 aromatic rings. The predicted molar refractivity (Wildman–Crippen MR) is 78.8 cm³/mol. The molecule has 0 bridgehead atoms. The van der Waals surface area contributed by atoms with Crippen molar-refractivity contribution in [3.8, 4) is 0 Å². The molecule has 1 saturated carbocycles. The number of hydrogen-bond donors (Lipinski definition) is 2. The molecule has 0 radical (unpaired) electrons. The summed E-state index contributed by atoms with van der Waals surface area (Å²) in [6.07, 6.45) is 7.48. The van der Waals surface area contributed by atoms with E-state index >= 15 is 0 Å². The Morgan fingerprint density at radius 3 is 2.88 bits per heavy atom. The molecule has 0 saturated heterocycles. The van der Waals surface area contributed by atoms with E-state index in [4.69, 9.17) is 5.73 Å². The van der Waals surface area contributed by atoms with Gasteiger partial charge in [-0.15, -0.1) is 0 Å². The molecule has 0 spiro atoms. The van der Waals surface area contributed by atoms with E-state index in [1.54, 1.807) is 0 Å². The van der Waals surface area contributed by atoms with E-state index in [0.29, 0.717) is 6.04 Å². The average Bonchev–Trinajstić information content (AvgIpc) is 2.34. The van der Waals surface area contributed by atoms with Crippen LogP contribution in [0.15, 0.2) is 18.2 Å². The second kappa shape index (κ2) is 5.67. The largest absolute Gasteiger partial charge is 0.398 e. The Kier molecular flexibility index (Phi) is 4.21. The first-order valence-corrected chi connectivity index (χ1v) is 7.63. The van der Waals surface area contributed by atoms with Gasteiger partial charge in [-0.25, -0.2) is 0 Å². The minimum Gasteiger partial charge on any atom is -0.398 e. The molecule has 2 atom stereocenters. The van der Waals surface area contributed by atoms with Crippen molar-refractivity contribution in [1.82, 2.24) is 0 Å². The van der Waals surface area contributed by atoms with Crippen molar-refractivity contribution in [3.05, 3.63) is 23.8 Å². The zero-order chi connectivity index (χ0) is 12.3. The predicted octanol–water partition coefficient (Wildman–Crippen LogP) is 3.66. The molecular formula is C14H22N2S. The second-order valence-corrected chi connectivity index (χ2v) is 6.08. The number of rotatable bonds is 3. The van der Waals surface area contributed by atoms with Crippen molar-refractivity contribution >= 4 is 23.1 Å². The van der Waals surface area contributed by atoms with Gasteiger partial charge < -0.3 is 11.1 Å². The smallest absolute Gasteiger partial charge is 0.0364 e. The lowest BCUT2D eigenvalue weighted by molar-refractivity contribution is 0.474. The van der Waals surface area contributed by atoms with Gasteiger partial charge in [0.25, 0.3) is 0 Å². The molecule has 1 aliphatic carbocycles. The van der Waals surface area contributed by atoms with Gasteiger partial charge in [0.05, 0.1) is 0 Å². The highest BCUT2D eigenvalue weighted by atomic mass is 32.2. The van der Waals surface area contributed by atoms with Gasteiger partial charge >= 0.3 is 0 Å². The van der Waals surface area contributed by atoms with Gasteiger partial charge in [-0.1, -0.05) is 12.5 Å². The maximum atomic E-state index is 5.94. The summed E-state index contributed by atoms with van der Waals surface area (Å²) >= 11 is 2.00. The monoisotopic (exact) mass is 250 g/mol. The van der Waals surface area contributed by atoms with Crippen LogP contribution in [0.2, 0.25) is 0 Å². The third kappa shape index (κ3) is 3.32. The topological polar surface area (TPSA) is 38.0 Å². The fraction of sp³-hybridized carbons (Fsp3) is 0.571. The zero-order valence-electron chi connectivity index (χ0n) is 10.7. The average molecular weight is 250 g/mol. The van der Waals surface area contributed by atoms with Crippen LogP contribution < -0.4 is 11.1 Å². The van der Waals surface area contributed by atoms with Gasteiger partial charge in [0.15, 0.2) is 0 Å². The maximum Gasteiger partial charge on any atom is 0.0364 e. The van der Waals surface area contributed by atoms with Crippen LogP contribution in [0.3, 0.4) is 0 Å². The van der Waals surface area contributed by atoms with Crippen molar-refractivity contribution in [2.24, 2.45) is 0 Å². The Morgan fingerprint density at radius 2 is 2.18 bits per heavy atom. The summed E-state index contributed by atoms with van der Waals surface area (Å²) in [6, 6.07) is 6.89. The van der Waals surface area contributed by atoms with E-state index in [1.807, 2.05) is 18.7 Å². The van der Waals surface area contributed by atoms with E-state index in [-0.39, 0.29) is 0 Å². The molecular weight excluding hydrogens is 228 g/mol. The molecule has 0 amide bonds. The first-order chi connectivity index (χ1) is 8.19. The highest BCUT2D eigenvalue weighted by Gasteiger charge is 2.20. The summed E-state index contributed by atoms with van der Waals surface area (Å²) in [7, 11) is 0. The van der Waals surface area contributed by atoms with Gasteiger partial charge in [-0.05, 0) is 50.1 Å². The fourth-order valence-corrected chi connectivity index (χ4v) is 3.28. The summed E-state index contributed by atoms with van der Waals surface area (Å²) in [4.78, 5) is 0. The van der Waals surface area contributed by atoms with Gasteiger partial charge in [-0.2, -0.15) is 11.8 Å². The molecule has 0 aromatic heterocycles. The fourth-order valence-electron chi connectivity index (χ4n) is 2.46. The Hall–Kier alpha value is -0.830. The molecule has 3 N–H and O–H groups in total. The lowest BCUT2D eigenvalue weighted by Gasteiger charge is -2.29. The molecule has 2 unspecified atom stereocenters. The van der Waals surface area contributed by atoms with Crippen LogP contribution >= 0.6 is 11.8 Å². The van der Waals surface area contributed by atoms with Gasteiger partial charge in [-0.3, -0.25) is 0 Å². The normalized spacial score (nSPS) is 24.6. The first kappa shape index (κ1) is 12.6. The molecule has 1 aliphatic rings. The number of nitrogens with one attached hydrogen (secondary N) is 1. The number of anilines is 2. The van der Waals surface area contributed by atoms with Crippen molar-refractivity contribution < 1.29 is 0 Å². The molecule has 0 heterocycles. The van der Waals surface area contributed by atoms with E-state index in [2.05, 4.69) is 29.8 Å². The Labute approximate surface area is 108 Å². The van der Waals surface area contributed by atoms with Crippen molar-refractivity contribution in [1.29, 1.82) is 0 Å². The Balaban J connectivity index is 1.97. The van der Waals surface area contributed by atoms with Crippen LogP contribution in [-0.4, -0.2) is 17.5 Å². The number of nitrogen functional groups attached to an aromatic ring is 1. The molecule has 94 valence electrons. The molecule has 3 heteroatoms. The molecule has 1 fully saturated rings. The standard InChI is InChI=1S/C14H22N2S/c1-10-6-7-12(9-14(10)15)16-11-4-3-5-13(8-11)17-2/h6-7,9,11,13,16H,3-5,8,15H2,1-2H3. The zero-order valence-corrected chi connectivity index (χ0v) is 11.5. The number of aryl methyl sites for hydroxylation is 1. The lowest BCUT2D eigenvalue weighted by Crippen LogP contribution is -2.28. The van der Waals surface area contributed by atoms with Gasteiger partial charge in [0.2, 0.25) is 0 Å². The Bertz CT molecular complexity index is 378. The summed E-state index contributed by atoms with van der Waals surface area (Å²) < 4.78 is 0. The molecule has 17 heavy (non-hydrogen) atoms. The summed E-state index contributed by atoms with van der Waals surface area (Å²) in [5.74, 6) is 0. The van der Waals surface area contributed by atoms with Crippen molar-refractivity contribution in [3.63, 3.8) is 0 Å². The van der Waals surface area contributed by atoms with Crippen LogP contribution in [0.4, 0.5) is 11.4 Å². The minimum atomic E-state index is 0.614. The minimum absolute atomic E-state index is 0.614. The number of thioether (sulfide) groups is 1. The highest BCUT2D eigenvalue weighted by molar-refractivity contribution is 7.99. The van der Waals surface area contributed by atoms with E-state index < -0.39 is 0 Å². The molecule has 0 aliphatic heterocycles. The summed E-state index contributed by atoms with van der Waals surface area (Å²) in [5.41, 5.74) is 9.14. The van der Waals surface area contributed by atoms with Crippen LogP contribution in [0.25, 0.3) is 0 Å². The van der Waals surface area contributed by atoms with E-state index in [1.165, 1.54) is 31.4 Å². The van der Waals surface area contributed by atoms with Gasteiger partial charge in [0, 0.05) is 22.7 Å². The summed E-state index contributed by atoms with van der Waals surface area (Å²) in [6.45, 7) is 2.05. The molecule has 2 rings (SSSR count). The lowest BCUT2D eigenvalue weighted by atomic mass is 9.94. The second-order valence-electron chi connectivity index (χ2n) is 4.94. The van der Waals surface area contributed by atoms with Crippen molar-refractivity contribution in [2.45, 2.75) is 43.9 Å². The third-order valence-electron chi connectivity index (χ3n) is 3.61. The number of benzene rings is 1. The maximum absolute atomic E-state index is 5.94. The van der Waals surface area contributed by atoms with Crippen LogP contribution in [0, 0.1) is 6.92 Å².